The van der Waals surface area contributed by atoms with E-state index in [0.717, 1.165) is 32.6 Å². The first kappa shape index (κ1) is 12.9. The van der Waals surface area contributed by atoms with Crippen LogP contribution in [0.1, 0.15) is 33.1 Å². The van der Waals surface area contributed by atoms with Crippen LogP contribution in [0.4, 0.5) is 0 Å². The summed E-state index contributed by atoms with van der Waals surface area (Å²) in [6.45, 7) is 8.74. The first-order valence-corrected chi connectivity index (χ1v) is 7.02. The number of piperidine rings is 1. The van der Waals surface area contributed by atoms with Crippen molar-refractivity contribution in [1.29, 1.82) is 0 Å². The van der Waals surface area contributed by atoms with Gasteiger partial charge in [0.25, 0.3) is 0 Å². The highest BCUT2D eigenvalue weighted by Gasteiger charge is 2.31. The van der Waals surface area contributed by atoms with Crippen LogP contribution in [-0.2, 0) is 4.79 Å². The quantitative estimate of drug-likeness (QED) is 0.733. The van der Waals surface area contributed by atoms with E-state index in [1.54, 1.807) is 0 Å². The molecule has 2 saturated heterocycles. The average Bonchev–Trinajstić information content (AvgIpc) is 2.57. The van der Waals surface area contributed by atoms with Crippen molar-refractivity contribution in [3.8, 4) is 0 Å². The molecule has 0 aromatic rings. The molecule has 0 saturated carbocycles. The lowest BCUT2D eigenvalue weighted by Gasteiger charge is -2.32. The highest BCUT2D eigenvalue weighted by Crippen LogP contribution is 2.26. The topological polar surface area (TPSA) is 23.6 Å². The lowest BCUT2D eigenvalue weighted by Crippen LogP contribution is -2.40. The fourth-order valence-electron chi connectivity index (χ4n) is 3.33. The molecule has 0 spiro atoms. The molecular formula is C14H26N2O. The van der Waals surface area contributed by atoms with Gasteiger partial charge in [0.05, 0.1) is 0 Å². The summed E-state index contributed by atoms with van der Waals surface area (Å²) in [5, 5.41) is 0. The Balaban J connectivity index is 1.84. The van der Waals surface area contributed by atoms with Crippen LogP contribution in [0.5, 0.6) is 0 Å². The highest BCUT2D eigenvalue weighted by molar-refractivity contribution is 5.76. The molecule has 3 atom stereocenters. The van der Waals surface area contributed by atoms with Crippen LogP contribution < -0.4 is 0 Å². The maximum absolute atomic E-state index is 12.3. The number of likely N-dealkylation sites (tertiary alicyclic amines) is 2. The molecule has 0 aliphatic carbocycles. The van der Waals surface area contributed by atoms with Crippen molar-refractivity contribution in [1.82, 2.24) is 9.80 Å². The van der Waals surface area contributed by atoms with Crippen molar-refractivity contribution >= 4 is 5.91 Å². The Bertz CT molecular complexity index is 279. The Kier molecular flexibility index (Phi) is 4.08. The molecule has 3 heteroatoms. The predicted octanol–water partition coefficient (Wildman–Crippen LogP) is 1.83. The Morgan fingerprint density at radius 3 is 2.59 bits per heavy atom. The molecule has 0 bridgehead atoms. The van der Waals surface area contributed by atoms with Crippen molar-refractivity contribution in [2.45, 2.75) is 33.1 Å². The summed E-state index contributed by atoms with van der Waals surface area (Å²) in [6.07, 6.45) is 3.23. The van der Waals surface area contributed by atoms with Crippen molar-refractivity contribution < 1.29 is 4.79 Å². The summed E-state index contributed by atoms with van der Waals surface area (Å²) in [5.74, 6) is 2.33. The monoisotopic (exact) mass is 238 g/mol. The van der Waals surface area contributed by atoms with Gasteiger partial charge in [-0.3, -0.25) is 4.79 Å². The lowest BCUT2D eigenvalue weighted by atomic mass is 9.93. The first-order chi connectivity index (χ1) is 8.06. The summed E-state index contributed by atoms with van der Waals surface area (Å²) in [5.41, 5.74) is 0. The Labute approximate surface area is 105 Å². The molecular weight excluding hydrogens is 212 g/mol. The molecule has 0 radical (unpaired) electrons. The van der Waals surface area contributed by atoms with Gasteiger partial charge in [-0.25, -0.2) is 0 Å². The van der Waals surface area contributed by atoms with Gasteiger partial charge in [0.1, 0.15) is 0 Å². The van der Waals surface area contributed by atoms with E-state index in [-0.39, 0.29) is 0 Å². The van der Waals surface area contributed by atoms with Crippen LogP contribution in [0.2, 0.25) is 0 Å². The van der Waals surface area contributed by atoms with Crippen molar-refractivity contribution in [3.05, 3.63) is 0 Å². The second-order valence-electron chi connectivity index (χ2n) is 6.25. The molecule has 3 nitrogen and oxygen atoms in total. The third-order valence-corrected chi connectivity index (χ3v) is 4.40. The summed E-state index contributed by atoms with van der Waals surface area (Å²) < 4.78 is 0. The molecule has 17 heavy (non-hydrogen) atoms. The summed E-state index contributed by atoms with van der Waals surface area (Å²) >= 11 is 0. The summed E-state index contributed by atoms with van der Waals surface area (Å²) in [7, 11) is 2.16. The van der Waals surface area contributed by atoms with E-state index < -0.39 is 0 Å². The normalized spacial score (nSPS) is 35.2. The van der Waals surface area contributed by atoms with Crippen LogP contribution in [0.15, 0.2) is 0 Å². The maximum Gasteiger partial charge on any atom is 0.222 e. The zero-order chi connectivity index (χ0) is 12.4. The Hall–Kier alpha value is -0.570. The van der Waals surface area contributed by atoms with E-state index in [1.165, 1.54) is 12.8 Å². The van der Waals surface area contributed by atoms with Crippen molar-refractivity contribution in [2.75, 3.05) is 33.2 Å². The second kappa shape index (κ2) is 5.38. The average molecular weight is 238 g/mol. The first-order valence-electron chi connectivity index (χ1n) is 7.02. The molecule has 0 N–H and O–H groups in total. The maximum atomic E-state index is 12.3. The van der Waals surface area contributed by atoms with Crippen molar-refractivity contribution in [2.24, 2.45) is 17.8 Å². The minimum Gasteiger partial charge on any atom is -0.342 e. The lowest BCUT2D eigenvalue weighted by molar-refractivity contribution is -0.134. The number of hydrogen-bond donors (Lipinski definition) is 0. The fourth-order valence-corrected chi connectivity index (χ4v) is 3.33. The SMILES string of the molecule is CC1CCCN(C(=O)CC2CN(C)CC2C)C1. The van der Waals surface area contributed by atoms with Crippen LogP contribution >= 0.6 is 0 Å². The number of carbonyl (C=O) groups excluding carboxylic acids is 1. The predicted molar refractivity (Wildman–Crippen MR) is 69.7 cm³/mol. The Morgan fingerprint density at radius 1 is 1.24 bits per heavy atom. The molecule has 3 unspecified atom stereocenters. The van der Waals surface area contributed by atoms with Gasteiger partial charge in [0.2, 0.25) is 5.91 Å². The molecule has 2 fully saturated rings. The minimum absolute atomic E-state index is 0.392. The van der Waals surface area contributed by atoms with Gasteiger partial charge >= 0.3 is 0 Å². The number of amides is 1. The minimum atomic E-state index is 0.392. The third-order valence-electron chi connectivity index (χ3n) is 4.40. The number of rotatable bonds is 2. The zero-order valence-corrected chi connectivity index (χ0v) is 11.5. The zero-order valence-electron chi connectivity index (χ0n) is 11.5. The van der Waals surface area contributed by atoms with Gasteiger partial charge in [-0.2, -0.15) is 0 Å². The molecule has 2 rings (SSSR count). The van der Waals surface area contributed by atoms with Gasteiger partial charge < -0.3 is 9.80 Å². The van der Waals surface area contributed by atoms with Crippen LogP contribution in [0.3, 0.4) is 0 Å². The van der Waals surface area contributed by atoms with Gasteiger partial charge in [-0.15, -0.1) is 0 Å². The van der Waals surface area contributed by atoms with Crippen molar-refractivity contribution in [3.63, 3.8) is 0 Å². The van der Waals surface area contributed by atoms with Crippen LogP contribution in [0, 0.1) is 17.8 Å². The van der Waals surface area contributed by atoms with Gasteiger partial charge in [-0.05, 0) is 37.6 Å². The fraction of sp³-hybridized carbons (Fsp3) is 0.929. The summed E-state index contributed by atoms with van der Waals surface area (Å²) in [6, 6.07) is 0. The molecule has 1 amide bonds. The van der Waals surface area contributed by atoms with E-state index >= 15 is 0 Å². The smallest absolute Gasteiger partial charge is 0.222 e. The largest absolute Gasteiger partial charge is 0.342 e. The van der Waals surface area contributed by atoms with E-state index in [4.69, 9.17) is 0 Å². The van der Waals surface area contributed by atoms with Gasteiger partial charge in [0.15, 0.2) is 0 Å². The molecule has 0 aromatic heterocycles. The third kappa shape index (κ3) is 3.21. The van der Waals surface area contributed by atoms with E-state index in [2.05, 4.69) is 30.7 Å². The number of hydrogen-bond acceptors (Lipinski definition) is 2. The standard InChI is InChI=1S/C14H26N2O/c1-11-5-4-6-16(8-11)14(17)7-13-10-15(3)9-12(13)2/h11-13H,4-10H2,1-3H3. The van der Waals surface area contributed by atoms with E-state index in [1.807, 2.05) is 0 Å². The van der Waals surface area contributed by atoms with E-state index in [9.17, 15) is 4.79 Å². The molecule has 2 aliphatic heterocycles. The highest BCUT2D eigenvalue weighted by atomic mass is 16.2. The number of carbonyl (C=O) groups is 1. The van der Waals surface area contributed by atoms with Gasteiger partial charge in [-0.1, -0.05) is 13.8 Å². The van der Waals surface area contributed by atoms with Crippen LogP contribution in [0.25, 0.3) is 0 Å². The molecule has 2 aliphatic rings. The Morgan fingerprint density at radius 2 is 2.00 bits per heavy atom. The molecule has 2 heterocycles. The molecule has 0 aromatic carbocycles. The summed E-state index contributed by atoms with van der Waals surface area (Å²) in [4.78, 5) is 16.7. The van der Waals surface area contributed by atoms with E-state index in [0.29, 0.717) is 23.7 Å². The molecule has 98 valence electrons. The van der Waals surface area contributed by atoms with Crippen LogP contribution in [-0.4, -0.2) is 48.9 Å². The van der Waals surface area contributed by atoms with Gasteiger partial charge in [0, 0.05) is 32.6 Å². The second-order valence-corrected chi connectivity index (χ2v) is 6.25. The number of nitrogens with zero attached hydrogens (tertiary/aromatic N) is 2.